The van der Waals surface area contributed by atoms with Crippen molar-refractivity contribution in [2.45, 2.75) is 89.3 Å². The molecule has 0 fully saturated rings. The first-order chi connectivity index (χ1) is 27.0. The fourth-order valence-electron chi connectivity index (χ4n) is 4.80. The summed E-state index contributed by atoms with van der Waals surface area (Å²) in [5, 5.41) is 61.7. The van der Waals surface area contributed by atoms with Crippen molar-refractivity contribution < 1.29 is 103 Å². The molecule has 1 unspecified atom stereocenters. The number of aliphatic carboxylic acids is 6. The van der Waals surface area contributed by atoms with E-state index in [0.717, 1.165) is 0 Å². The van der Waals surface area contributed by atoms with E-state index in [4.69, 9.17) is 24.2 Å². The van der Waals surface area contributed by atoms with E-state index >= 15 is 0 Å². The van der Waals surface area contributed by atoms with Crippen molar-refractivity contribution in [2.24, 2.45) is 0 Å². The van der Waals surface area contributed by atoms with Crippen molar-refractivity contribution in [3.05, 3.63) is 56.4 Å². The second-order valence-electron chi connectivity index (χ2n) is 11.3. The van der Waals surface area contributed by atoms with Crippen LogP contribution in [0, 0.1) is 20.0 Å². The van der Waals surface area contributed by atoms with Gasteiger partial charge >= 0.3 is 75.8 Å². The number of imidazole rings is 2. The minimum absolute atomic E-state index is 0. The van der Waals surface area contributed by atoms with Crippen LogP contribution >= 0.6 is 0 Å². The molecule has 58 heavy (non-hydrogen) atoms. The molecule has 3 amide bonds. The van der Waals surface area contributed by atoms with Crippen LogP contribution in [0.2, 0.25) is 0 Å². The minimum atomic E-state index is -1.67. The van der Waals surface area contributed by atoms with Crippen LogP contribution in [0.3, 0.4) is 0 Å². The summed E-state index contributed by atoms with van der Waals surface area (Å²) in [4.78, 5) is 103. The summed E-state index contributed by atoms with van der Waals surface area (Å²) in [6, 6.07) is -5.88. The van der Waals surface area contributed by atoms with Crippen LogP contribution in [0.5, 0.6) is 0 Å². The van der Waals surface area contributed by atoms with E-state index < -0.39 is 91.6 Å². The van der Waals surface area contributed by atoms with Gasteiger partial charge in [-0.05, 0) is 38.6 Å². The maximum atomic E-state index is 12.6. The van der Waals surface area contributed by atoms with Crippen molar-refractivity contribution in [1.29, 1.82) is 0 Å². The summed E-state index contributed by atoms with van der Waals surface area (Å²) in [5.41, 5.74) is 0. The average molecular weight is 995 g/mol. The van der Waals surface area contributed by atoms with E-state index in [1.54, 1.807) is 0 Å². The Morgan fingerprint density at radius 1 is 0.603 bits per heavy atom. The molecule has 25 nitrogen and oxygen atoms in total. The first-order valence-electron chi connectivity index (χ1n) is 16.1. The molecule has 0 aliphatic rings. The Bertz CT molecular complexity index is 1640. The van der Waals surface area contributed by atoms with Gasteiger partial charge in [0.15, 0.2) is 0 Å². The van der Waals surface area contributed by atoms with Gasteiger partial charge in [-0.25, -0.2) is 29.1 Å². The Kier molecular flexibility index (Phi) is 30.9. The number of carboxylic acid groups (broad SMARTS) is 6. The third kappa shape index (κ3) is 23.7. The quantitative estimate of drug-likeness (QED) is 0.0318. The SMILES string of the molecule is O=C(O)CC[C@H](NC(=O)N[C@@H](CCC(=O)NC(CCCCN(Cc1nccn1CC(=O)O)Cc1nccn1CC(=O)O)C(=O)O)C(=O)O)C(=O)O.[C-]#[O+].[C-]#[O+].[C-]#[O+].[Re]. The summed E-state index contributed by atoms with van der Waals surface area (Å²) in [6.07, 6.45) is 4.42. The number of hydrogen-bond donors (Lipinski definition) is 9. The molecule has 2 heterocycles. The summed E-state index contributed by atoms with van der Waals surface area (Å²) in [7, 11) is 0. The second-order valence-corrected chi connectivity index (χ2v) is 11.3. The van der Waals surface area contributed by atoms with E-state index in [9.17, 15) is 58.8 Å². The Labute approximate surface area is 342 Å². The monoisotopic (exact) mass is 995 g/mol. The third-order valence-corrected chi connectivity index (χ3v) is 7.31. The Morgan fingerprint density at radius 2 is 1.00 bits per heavy atom. The van der Waals surface area contributed by atoms with Crippen LogP contribution in [0.15, 0.2) is 24.8 Å². The van der Waals surface area contributed by atoms with E-state index in [2.05, 4.69) is 35.2 Å². The predicted octanol–water partition coefficient (Wildman–Crippen LogP) is -1.27. The molecule has 0 aliphatic heterocycles. The molecule has 2 aromatic heterocycles. The molecule has 0 aromatic carbocycles. The van der Waals surface area contributed by atoms with Gasteiger partial charge in [0.25, 0.3) is 0 Å². The number of aromatic nitrogens is 4. The molecule has 1 radical (unpaired) electrons. The van der Waals surface area contributed by atoms with Crippen LogP contribution in [0.25, 0.3) is 0 Å². The maximum Gasteiger partial charge on any atom is 0 e. The van der Waals surface area contributed by atoms with Crippen LogP contribution in [0.1, 0.15) is 56.6 Å². The number of amides is 3. The van der Waals surface area contributed by atoms with Gasteiger partial charge in [-0.3, -0.25) is 24.1 Å². The molecule has 0 spiro atoms. The molecule has 9 N–H and O–H groups in total. The van der Waals surface area contributed by atoms with Gasteiger partial charge in [0, 0.05) is 58.1 Å². The minimum Gasteiger partial charge on any atom is 0 e. The van der Waals surface area contributed by atoms with Gasteiger partial charge in [0.2, 0.25) is 5.91 Å². The maximum absolute atomic E-state index is 12.6. The van der Waals surface area contributed by atoms with E-state index in [1.807, 2.05) is 15.5 Å². The summed E-state index contributed by atoms with van der Waals surface area (Å²) < 4.78 is 25.4. The molecule has 3 atom stereocenters. The number of rotatable bonds is 25. The van der Waals surface area contributed by atoms with Crippen LogP contribution in [-0.4, -0.2) is 127 Å². The van der Waals surface area contributed by atoms with Crippen molar-refractivity contribution in [2.75, 3.05) is 6.54 Å². The summed E-state index contributed by atoms with van der Waals surface area (Å²) in [6.45, 7) is 13.4. The zero-order chi connectivity index (χ0) is 44.1. The van der Waals surface area contributed by atoms with Crippen molar-refractivity contribution in [1.82, 2.24) is 40.0 Å². The number of carbonyl (C=O) groups excluding carboxylic acids is 2. The first kappa shape index (κ1) is 56.2. The zero-order valence-electron chi connectivity index (χ0n) is 30.3. The molecule has 0 saturated carbocycles. The number of nitrogens with zero attached hydrogens (tertiary/aromatic N) is 5. The number of unbranched alkanes of at least 4 members (excludes halogenated alkanes) is 1. The Balaban J connectivity index is -0.00000412. The average Bonchev–Trinajstić information content (AvgIpc) is 3.79. The van der Waals surface area contributed by atoms with Crippen molar-refractivity contribution in [3.8, 4) is 0 Å². The van der Waals surface area contributed by atoms with Gasteiger partial charge in [0.1, 0.15) is 42.9 Å². The van der Waals surface area contributed by atoms with Gasteiger partial charge in [-0.15, -0.1) is 0 Å². The summed E-state index contributed by atoms with van der Waals surface area (Å²) >= 11 is 0. The molecular formula is C32H40N8O17Re. The molecule has 0 saturated heterocycles. The smallest absolute Gasteiger partial charge is 0 e. The van der Waals surface area contributed by atoms with Crippen LogP contribution in [0.4, 0.5) is 4.79 Å². The largest absolute Gasteiger partial charge is 0 e. The first-order valence-corrected chi connectivity index (χ1v) is 16.1. The molecule has 26 heteroatoms. The van der Waals surface area contributed by atoms with Crippen LogP contribution < -0.4 is 16.0 Å². The topological polar surface area (TPSA) is 393 Å². The number of nitrogens with one attached hydrogen (secondary N) is 3. The normalized spacial score (nSPS) is 11.3. The molecule has 2 aromatic rings. The van der Waals surface area contributed by atoms with Gasteiger partial charge in [-0.2, -0.15) is 0 Å². The number of carbonyl (C=O) groups is 8. The van der Waals surface area contributed by atoms with Crippen molar-refractivity contribution in [3.63, 3.8) is 0 Å². The third-order valence-electron chi connectivity index (χ3n) is 7.31. The van der Waals surface area contributed by atoms with Crippen molar-refractivity contribution >= 4 is 47.8 Å². The fraction of sp³-hybridized carbons (Fsp3) is 0.469. The number of hydrogen-bond acceptors (Lipinski definition) is 11. The Morgan fingerprint density at radius 3 is 1.38 bits per heavy atom. The van der Waals surface area contributed by atoms with E-state index in [0.29, 0.717) is 24.6 Å². The van der Waals surface area contributed by atoms with E-state index in [-0.39, 0.29) is 59.4 Å². The zero-order valence-corrected chi connectivity index (χ0v) is 33.0. The summed E-state index contributed by atoms with van der Waals surface area (Å²) in [5.74, 6) is -7.96. The second kappa shape index (κ2) is 32.0. The molecule has 0 aliphatic carbocycles. The van der Waals surface area contributed by atoms with Gasteiger partial charge < -0.3 is 55.7 Å². The predicted molar refractivity (Wildman–Crippen MR) is 180 cm³/mol. The standard InChI is InChI=1S/C29H40N8O14.3CO.Re/c38-22(6-4-18(27(47)48)33-29(51)34-19(28(49)50)5-7-23(39)40)32-17(26(45)46)3-1-2-10-35(13-20-30-8-11-36(20)15-24(41)42)14-21-31-9-12-37(21)16-25(43)44;3*1-2;/h8-9,11-12,17-19H,1-7,10,13-16H2,(H,32,38)(H,39,40)(H,41,42)(H,43,44)(H,45,46)(H,47,48)(H,49,50)(H2,33,34,51);;;;/t17?,18-,19-;;;;/m0..../s1. The van der Waals surface area contributed by atoms with E-state index in [1.165, 1.54) is 33.9 Å². The Hall–Kier alpha value is -6.18. The number of carboxylic acids is 6. The molecular weight excluding hydrogens is 955 g/mol. The van der Waals surface area contributed by atoms with Crippen LogP contribution in [-0.2, 0) is 94.1 Å². The fourth-order valence-corrected chi connectivity index (χ4v) is 4.80. The molecule has 2 rings (SSSR count). The van der Waals surface area contributed by atoms with Gasteiger partial charge in [-0.1, -0.05) is 0 Å². The van der Waals surface area contributed by atoms with Gasteiger partial charge in [0.05, 0.1) is 13.1 Å². The molecule has 317 valence electrons. The molecule has 0 bridgehead atoms. The number of urea groups is 1.